The molecule has 1 amide bonds. The van der Waals surface area contributed by atoms with E-state index in [2.05, 4.69) is 76.0 Å². The van der Waals surface area contributed by atoms with Gasteiger partial charge >= 0.3 is 6.09 Å². The third kappa shape index (κ3) is 5.94. The number of aromatic nitrogens is 2. The fourth-order valence-corrected chi connectivity index (χ4v) is 5.15. The van der Waals surface area contributed by atoms with E-state index in [1.54, 1.807) is 0 Å². The molecule has 0 aliphatic carbocycles. The second kappa shape index (κ2) is 11.5. The molecule has 7 heteroatoms. The van der Waals surface area contributed by atoms with Crippen molar-refractivity contribution in [1.29, 1.82) is 0 Å². The molecule has 1 aliphatic heterocycles. The van der Waals surface area contributed by atoms with Crippen LogP contribution in [-0.4, -0.2) is 51.2 Å². The largest absolute Gasteiger partial charge is 0.448 e. The summed E-state index contributed by atoms with van der Waals surface area (Å²) in [7, 11) is 0. The van der Waals surface area contributed by atoms with Crippen LogP contribution in [0.3, 0.4) is 0 Å². The molecule has 0 radical (unpaired) electrons. The molecule has 2 N–H and O–H groups in total. The number of imidazole rings is 1. The number of piperidine rings is 1. The summed E-state index contributed by atoms with van der Waals surface area (Å²) in [5.74, 6) is 0.535. The van der Waals surface area contributed by atoms with E-state index in [0.717, 1.165) is 37.0 Å². The Kier molecular flexibility index (Phi) is 7.70. The molecule has 1 atom stereocenters. The highest BCUT2D eigenvalue weighted by Crippen LogP contribution is 2.30. The highest BCUT2D eigenvalue weighted by Gasteiger charge is 2.27. The molecule has 0 bridgehead atoms. The number of nitrogens with two attached hydrogens (primary N) is 1. The number of rotatable bonds is 8. The first-order valence-electron chi connectivity index (χ1n) is 13.0. The Bertz CT molecular complexity index is 1260. The van der Waals surface area contributed by atoms with Gasteiger partial charge in [0.05, 0.1) is 11.0 Å². The number of hydrogen-bond donors (Lipinski definition) is 1. The molecular weight excluding hydrogens is 462 g/mol. The van der Waals surface area contributed by atoms with Gasteiger partial charge < -0.3 is 19.9 Å². The molecule has 192 valence electrons. The van der Waals surface area contributed by atoms with Crippen LogP contribution in [0.5, 0.6) is 0 Å². The van der Waals surface area contributed by atoms with Gasteiger partial charge in [-0.3, -0.25) is 4.90 Å². The van der Waals surface area contributed by atoms with Crippen LogP contribution >= 0.6 is 0 Å². The topological polar surface area (TPSA) is 76.6 Å². The lowest BCUT2D eigenvalue weighted by Crippen LogP contribution is -2.42. The highest BCUT2D eigenvalue weighted by atomic mass is 16.6. The molecule has 7 nitrogen and oxygen atoms in total. The van der Waals surface area contributed by atoms with Crippen molar-refractivity contribution < 1.29 is 9.53 Å². The number of benzene rings is 3. The summed E-state index contributed by atoms with van der Waals surface area (Å²) in [5, 5.41) is 0. The minimum Gasteiger partial charge on any atom is -0.448 e. The summed E-state index contributed by atoms with van der Waals surface area (Å²) in [4.78, 5) is 21.6. The summed E-state index contributed by atoms with van der Waals surface area (Å²) in [6.45, 7) is 5.33. The molecule has 1 fully saturated rings. The number of para-hydroxylation sites is 2. The Labute approximate surface area is 218 Å². The van der Waals surface area contributed by atoms with Crippen LogP contribution < -0.4 is 5.73 Å². The number of nitrogens with zero attached hydrogens (tertiary/aromatic N) is 4. The van der Waals surface area contributed by atoms with Crippen LogP contribution in [0.15, 0.2) is 84.9 Å². The van der Waals surface area contributed by atoms with E-state index in [1.165, 1.54) is 11.1 Å². The van der Waals surface area contributed by atoms with Gasteiger partial charge in [-0.25, -0.2) is 9.78 Å². The number of hydrogen-bond acceptors (Lipinski definition) is 5. The summed E-state index contributed by atoms with van der Waals surface area (Å²) in [6.07, 6.45) is 1.40. The number of likely N-dealkylation sites (tertiary alicyclic amines) is 1. The number of amides is 1. The van der Waals surface area contributed by atoms with Gasteiger partial charge in [0.25, 0.3) is 0 Å². The highest BCUT2D eigenvalue weighted by molar-refractivity contribution is 5.78. The Hall–Kier alpha value is -3.84. The van der Waals surface area contributed by atoms with E-state index in [-0.39, 0.29) is 18.2 Å². The quantitative estimate of drug-likeness (QED) is 0.349. The van der Waals surface area contributed by atoms with Crippen LogP contribution in [0.25, 0.3) is 11.0 Å². The van der Waals surface area contributed by atoms with Crippen LogP contribution in [0, 0.1) is 0 Å². The average molecular weight is 498 g/mol. The maximum atomic E-state index is 13.0. The Balaban J connectivity index is 1.17. The van der Waals surface area contributed by atoms with Crippen molar-refractivity contribution in [3.8, 4) is 0 Å². The Morgan fingerprint density at radius 2 is 1.51 bits per heavy atom. The molecule has 5 rings (SSSR count). The summed E-state index contributed by atoms with van der Waals surface area (Å²) >= 11 is 0. The van der Waals surface area contributed by atoms with Crippen molar-refractivity contribution >= 4 is 23.1 Å². The number of anilines is 1. The second-order valence-electron chi connectivity index (χ2n) is 9.85. The van der Waals surface area contributed by atoms with Gasteiger partial charge in [0.15, 0.2) is 0 Å². The van der Waals surface area contributed by atoms with Crippen molar-refractivity contribution in [3.05, 3.63) is 96.1 Å². The zero-order chi connectivity index (χ0) is 25.6. The molecule has 2 heterocycles. The first-order valence-corrected chi connectivity index (χ1v) is 13.0. The van der Waals surface area contributed by atoms with Gasteiger partial charge in [-0.05, 0) is 43.0 Å². The summed E-state index contributed by atoms with van der Waals surface area (Å²) in [5.41, 5.74) is 10.7. The lowest BCUT2D eigenvalue weighted by Gasteiger charge is -2.34. The second-order valence-corrected chi connectivity index (χ2v) is 9.85. The molecular formula is C30H35N5O2. The van der Waals surface area contributed by atoms with Gasteiger partial charge in [-0.15, -0.1) is 0 Å². The van der Waals surface area contributed by atoms with E-state index in [9.17, 15) is 4.79 Å². The van der Waals surface area contributed by atoms with Crippen molar-refractivity contribution in [2.75, 3.05) is 25.4 Å². The number of fused-ring (bicyclic) bond motifs is 1. The molecule has 3 aromatic carbocycles. The normalized spacial score (nSPS) is 15.2. The maximum absolute atomic E-state index is 13.0. The van der Waals surface area contributed by atoms with Gasteiger partial charge in [0.1, 0.15) is 6.61 Å². The zero-order valence-corrected chi connectivity index (χ0v) is 21.4. The molecule has 4 aromatic rings. The molecule has 0 saturated carbocycles. The van der Waals surface area contributed by atoms with Crippen LogP contribution in [0.4, 0.5) is 10.7 Å². The zero-order valence-electron chi connectivity index (χ0n) is 21.4. The van der Waals surface area contributed by atoms with Gasteiger partial charge in [0.2, 0.25) is 5.95 Å². The predicted molar refractivity (Wildman–Crippen MR) is 147 cm³/mol. The third-order valence-electron chi connectivity index (χ3n) is 7.24. The van der Waals surface area contributed by atoms with Crippen molar-refractivity contribution in [1.82, 2.24) is 19.4 Å². The van der Waals surface area contributed by atoms with E-state index in [1.807, 2.05) is 35.2 Å². The fourth-order valence-electron chi connectivity index (χ4n) is 5.15. The van der Waals surface area contributed by atoms with E-state index in [4.69, 9.17) is 10.5 Å². The lowest BCUT2D eigenvalue weighted by molar-refractivity contribution is 0.0569. The average Bonchev–Trinajstić information content (AvgIpc) is 3.28. The van der Waals surface area contributed by atoms with E-state index >= 15 is 0 Å². The standard InChI is InChI=1S/C30H35N5O2/c1-23(34(20-24-10-4-2-5-11-24)21-25-12-6-3-7-13-25)22-37-30(36)33-18-16-26(17-19-33)35-28-15-9-8-14-27(28)32-29(35)31/h2-15,23,26H,16-22H2,1H3,(H2,31,32)/t23-/m0/s1. The lowest BCUT2D eigenvalue weighted by atomic mass is 10.0. The summed E-state index contributed by atoms with van der Waals surface area (Å²) in [6, 6.07) is 29.2. The van der Waals surface area contributed by atoms with Crippen molar-refractivity contribution in [3.63, 3.8) is 0 Å². The molecule has 1 aromatic heterocycles. The first-order chi connectivity index (χ1) is 18.1. The minimum atomic E-state index is -0.242. The van der Waals surface area contributed by atoms with Crippen LogP contribution in [-0.2, 0) is 17.8 Å². The molecule has 0 unspecified atom stereocenters. The summed E-state index contributed by atoms with van der Waals surface area (Å²) < 4.78 is 7.94. The SMILES string of the molecule is C[C@@H](COC(=O)N1CCC(n2c(N)nc3ccccc32)CC1)N(Cc1ccccc1)Cc1ccccc1. The molecule has 1 saturated heterocycles. The van der Waals surface area contributed by atoms with Crippen molar-refractivity contribution in [2.45, 2.75) is 44.9 Å². The van der Waals surface area contributed by atoms with E-state index < -0.39 is 0 Å². The Morgan fingerprint density at radius 3 is 2.14 bits per heavy atom. The van der Waals surface area contributed by atoms with E-state index in [0.29, 0.717) is 25.6 Å². The van der Waals surface area contributed by atoms with Crippen LogP contribution in [0.1, 0.15) is 36.9 Å². The predicted octanol–water partition coefficient (Wildman–Crippen LogP) is 5.48. The monoisotopic (exact) mass is 497 g/mol. The third-order valence-corrected chi connectivity index (χ3v) is 7.24. The first kappa shape index (κ1) is 24.8. The molecule has 37 heavy (non-hydrogen) atoms. The maximum Gasteiger partial charge on any atom is 0.409 e. The van der Waals surface area contributed by atoms with Crippen molar-refractivity contribution in [2.24, 2.45) is 0 Å². The fraction of sp³-hybridized carbons (Fsp3) is 0.333. The number of ether oxygens (including phenoxy) is 1. The molecule has 1 aliphatic rings. The smallest absolute Gasteiger partial charge is 0.409 e. The van der Waals surface area contributed by atoms with Crippen LogP contribution in [0.2, 0.25) is 0 Å². The number of nitrogen functional groups attached to an aromatic ring is 1. The molecule has 0 spiro atoms. The Morgan fingerprint density at radius 1 is 0.946 bits per heavy atom. The number of carbonyl (C=O) groups is 1. The van der Waals surface area contributed by atoms with Gasteiger partial charge in [-0.1, -0.05) is 72.8 Å². The van der Waals surface area contributed by atoms with Gasteiger partial charge in [-0.2, -0.15) is 0 Å². The number of carbonyl (C=O) groups excluding carboxylic acids is 1. The minimum absolute atomic E-state index is 0.0685. The van der Waals surface area contributed by atoms with Gasteiger partial charge in [0, 0.05) is 38.3 Å².